The first-order chi connectivity index (χ1) is 15.1. The number of carbonyl (C=O) groups excluding carboxylic acids is 1. The zero-order valence-corrected chi connectivity index (χ0v) is 18.6. The summed E-state index contributed by atoms with van der Waals surface area (Å²) in [6, 6.07) is 15.8. The van der Waals surface area contributed by atoms with Gasteiger partial charge in [0.1, 0.15) is 0 Å². The SMILES string of the molecule is CN1CC[C@H](NC(=O)c2cc(-n3ncc4cc(Nc5ccccc5Cl)ccc43)cs2)C1. The van der Waals surface area contributed by atoms with Gasteiger partial charge in [0.05, 0.1) is 33.0 Å². The predicted octanol–water partition coefficient (Wildman–Crippen LogP) is 4.92. The molecular formula is C23H22ClN5OS. The van der Waals surface area contributed by atoms with Crippen LogP contribution in [0.1, 0.15) is 16.1 Å². The molecule has 31 heavy (non-hydrogen) atoms. The lowest BCUT2D eigenvalue weighted by Crippen LogP contribution is -2.36. The lowest BCUT2D eigenvalue weighted by molar-refractivity contribution is 0.0942. The fourth-order valence-electron chi connectivity index (χ4n) is 3.90. The smallest absolute Gasteiger partial charge is 0.261 e. The van der Waals surface area contributed by atoms with Gasteiger partial charge in [0, 0.05) is 29.0 Å². The summed E-state index contributed by atoms with van der Waals surface area (Å²) in [6.07, 6.45) is 2.83. The summed E-state index contributed by atoms with van der Waals surface area (Å²) in [5.41, 5.74) is 3.66. The molecule has 0 aliphatic carbocycles. The third kappa shape index (κ3) is 4.17. The number of rotatable bonds is 5. The van der Waals surface area contributed by atoms with Gasteiger partial charge in [-0.3, -0.25) is 4.79 Å². The van der Waals surface area contributed by atoms with Crippen molar-refractivity contribution in [2.24, 2.45) is 0 Å². The molecule has 5 rings (SSSR count). The first-order valence-electron chi connectivity index (χ1n) is 10.1. The van der Waals surface area contributed by atoms with Crippen molar-refractivity contribution < 1.29 is 4.79 Å². The number of aromatic nitrogens is 2. The molecule has 3 heterocycles. The van der Waals surface area contributed by atoms with E-state index >= 15 is 0 Å². The second kappa shape index (κ2) is 8.34. The lowest BCUT2D eigenvalue weighted by Gasteiger charge is -2.11. The molecule has 1 atom stereocenters. The quantitative estimate of drug-likeness (QED) is 0.452. The zero-order valence-electron chi connectivity index (χ0n) is 17.0. The molecule has 2 N–H and O–H groups in total. The summed E-state index contributed by atoms with van der Waals surface area (Å²) in [5, 5.41) is 14.7. The van der Waals surface area contributed by atoms with E-state index in [0.717, 1.165) is 47.5 Å². The Kier molecular flexibility index (Phi) is 5.40. The van der Waals surface area contributed by atoms with E-state index in [1.165, 1.54) is 11.3 Å². The molecule has 0 spiro atoms. The van der Waals surface area contributed by atoms with Gasteiger partial charge in [-0.15, -0.1) is 11.3 Å². The highest BCUT2D eigenvalue weighted by Crippen LogP contribution is 2.29. The number of fused-ring (bicyclic) bond motifs is 1. The number of halogens is 1. The number of benzene rings is 2. The summed E-state index contributed by atoms with van der Waals surface area (Å²) in [4.78, 5) is 15.6. The number of hydrogen-bond donors (Lipinski definition) is 2. The van der Waals surface area contributed by atoms with Crippen molar-refractivity contribution in [2.45, 2.75) is 12.5 Å². The predicted molar refractivity (Wildman–Crippen MR) is 127 cm³/mol. The van der Waals surface area contributed by atoms with Gasteiger partial charge in [-0.1, -0.05) is 23.7 Å². The molecule has 0 bridgehead atoms. The van der Waals surface area contributed by atoms with Crippen LogP contribution in [0.15, 0.2) is 60.1 Å². The van der Waals surface area contributed by atoms with E-state index in [1.54, 1.807) is 0 Å². The summed E-state index contributed by atoms with van der Waals surface area (Å²) in [7, 11) is 2.08. The van der Waals surface area contributed by atoms with Crippen molar-refractivity contribution in [3.63, 3.8) is 0 Å². The van der Waals surface area contributed by atoms with E-state index in [2.05, 4.69) is 27.7 Å². The Morgan fingerprint density at radius 2 is 2.10 bits per heavy atom. The van der Waals surface area contributed by atoms with Crippen molar-refractivity contribution in [2.75, 3.05) is 25.5 Å². The Balaban J connectivity index is 1.35. The molecule has 0 radical (unpaired) electrons. The van der Waals surface area contributed by atoms with Gasteiger partial charge in [-0.05, 0) is 56.4 Å². The van der Waals surface area contributed by atoms with Crippen molar-refractivity contribution in [3.05, 3.63) is 70.0 Å². The number of carbonyl (C=O) groups is 1. The summed E-state index contributed by atoms with van der Waals surface area (Å²) < 4.78 is 1.87. The van der Waals surface area contributed by atoms with Gasteiger partial charge < -0.3 is 15.5 Å². The standard InChI is InChI=1S/C23H22ClN5OS/c1-28-9-8-17(13-28)27-23(30)22-11-18(14-31-22)29-21-7-6-16(10-15(21)12-25-29)26-20-5-3-2-4-19(20)24/h2-7,10-12,14,17,26H,8-9,13H2,1H3,(H,27,30)/t17-/m0/s1. The highest BCUT2D eigenvalue weighted by Gasteiger charge is 2.22. The van der Waals surface area contributed by atoms with Crippen molar-refractivity contribution in [1.82, 2.24) is 20.0 Å². The largest absolute Gasteiger partial charge is 0.354 e. The molecule has 2 aromatic carbocycles. The molecule has 1 fully saturated rings. The van der Waals surface area contributed by atoms with E-state index in [9.17, 15) is 4.79 Å². The lowest BCUT2D eigenvalue weighted by atomic mass is 10.2. The number of nitrogens with one attached hydrogen (secondary N) is 2. The van der Waals surface area contributed by atoms with E-state index in [1.807, 2.05) is 64.8 Å². The number of hydrogen-bond acceptors (Lipinski definition) is 5. The van der Waals surface area contributed by atoms with Gasteiger partial charge >= 0.3 is 0 Å². The van der Waals surface area contributed by atoms with Crippen LogP contribution in [-0.4, -0.2) is 46.8 Å². The first kappa shape index (κ1) is 20.1. The van der Waals surface area contributed by atoms with Gasteiger partial charge in [0.2, 0.25) is 0 Å². The minimum absolute atomic E-state index is 0.0146. The van der Waals surface area contributed by atoms with Crippen LogP contribution in [0.25, 0.3) is 16.6 Å². The second-order valence-electron chi connectivity index (χ2n) is 7.83. The van der Waals surface area contributed by atoms with E-state index < -0.39 is 0 Å². The molecule has 4 aromatic rings. The monoisotopic (exact) mass is 451 g/mol. The number of anilines is 2. The Bertz CT molecular complexity index is 1250. The van der Waals surface area contributed by atoms with Crippen LogP contribution in [0, 0.1) is 0 Å². The van der Waals surface area contributed by atoms with Crippen molar-refractivity contribution in [3.8, 4) is 5.69 Å². The van der Waals surface area contributed by atoms with Crippen LogP contribution < -0.4 is 10.6 Å². The third-order valence-corrected chi connectivity index (χ3v) is 6.75. The van der Waals surface area contributed by atoms with E-state index in [4.69, 9.17) is 11.6 Å². The molecule has 1 amide bonds. The molecular weight excluding hydrogens is 430 g/mol. The summed E-state index contributed by atoms with van der Waals surface area (Å²) in [5.74, 6) is -0.0146. The number of nitrogens with zero attached hydrogens (tertiary/aromatic N) is 3. The Morgan fingerprint density at radius 1 is 1.23 bits per heavy atom. The molecule has 1 aliphatic rings. The van der Waals surface area contributed by atoms with Crippen molar-refractivity contribution in [1.29, 1.82) is 0 Å². The fourth-order valence-corrected chi connectivity index (χ4v) is 4.85. The summed E-state index contributed by atoms with van der Waals surface area (Å²) >= 11 is 7.69. The number of likely N-dealkylation sites (tertiary alicyclic amines) is 1. The fraction of sp³-hybridized carbons (Fsp3) is 0.217. The maximum atomic E-state index is 12.6. The molecule has 6 nitrogen and oxygen atoms in total. The van der Waals surface area contributed by atoms with Gasteiger partial charge in [0.15, 0.2) is 0 Å². The number of amides is 1. The van der Waals surface area contributed by atoms with Gasteiger partial charge in [0.25, 0.3) is 5.91 Å². The average Bonchev–Trinajstić information content (AvgIpc) is 3.49. The van der Waals surface area contributed by atoms with Crippen LogP contribution in [0.3, 0.4) is 0 Å². The summed E-state index contributed by atoms with van der Waals surface area (Å²) in [6.45, 7) is 1.92. The number of thiophene rings is 1. The Labute approximate surface area is 189 Å². The molecule has 8 heteroatoms. The van der Waals surface area contributed by atoms with Crippen LogP contribution in [0.2, 0.25) is 5.02 Å². The number of likely N-dealkylation sites (N-methyl/N-ethyl adjacent to an activating group) is 1. The van der Waals surface area contributed by atoms with Crippen LogP contribution in [0.4, 0.5) is 11.4 Å². The first-order valence-corrected chi connectivity index (χ1v) is 11.4. The highest BCUT2D eigenvalue weighted by molar-refractivity contribution is 7.12. The number of para-hydroxylation sites is 1. The molecule has 0 unspecified atom stereocenters. The van der Waals surface area contributed by atoms with Gasteiger partial charge in [-0.2, -0.15) is 5.10 Å². The van der Waals surface area contributed by atoms with Crippen LogP contribution in [-0.2, 0) is 0 Å². The molecule has 0 saturated carbocycles. The normalized spacial score (nSPS) is 16.6. The van der Waals surface area contributed by atoms with Crippen LogP contribution in [0.5, 0.6) is 0 Å². The maximum Gasteiger partial charge on any atom is 0.261 e. The molecule has 1 saturated heterocycles. The topological polar surface area (TPSA) is 62.2 Å². The van der Waals surface area contributed by atoms with E-state index in [0.29, 0.717) is 9.90 Å². The molecule has 2 aromatic heterocycles. The van der Waals surface area contributed by atoms with Crippen LogP contribution >= 0.6 is 22.9 Å². The Hall–Kier alpha value is -2.87. The molecule has 1 aliphatic heterocycles. The van der Waals surface area contributed by atoms with Crippen molar-refractivity contribution >= 4 is 51.1 Å². The minimum Gasteiger partial charge on any atom is -0.354 e. The second-order valence-corrected chi connectivity index (χ2v) is 9.14. The average molecular weight is 452 g/mol. The minimum atomic E-state index is -0.0146. The molecule has 158 valence electrons. The van der Waals surface area contributed by atoms with Gasteiger partial charge in [-0.25, -0.2) is 4.68 Å². The maximum absolute atomic E-state index is 12.6. The zero-order chi connectivity index (χ0) is 21.4. The highest BCUT2D eigenvalue weighted by atomic mass is 35.5. The Morgan fingerprint density at radius 3 is 2.90 bits per heavy atom. The third-order valence-electron chi connectivity index (χ3n) is 5.50. The van der Waals surface area contributed by atoms with E-state index in [-0.39, 0.29) is 11.9 Å².